The van der Waals surface area contributed by atoms with Crippen LogP contribution < -0.4 is 14.4 Å². The summed E-state index contributed by atoms with van der Waals surface area (Å²) in [4.78, 5) is 25.0. The van der Waals surface area contributed by atoms with Crippen LogP contribution in [0.15, 0.2) is 30.6 Å². The minimum atomic E-state index is -1.47. The van der Waals surface area contributed by atoms with Crippen molar-refractivity contribution in [3.8, 4) is 11.5 Å². The molecule has 0 radical (unpaired) electrons. The third-order valence-corrected chi connectivity index (χ3v) is 7.57. The van der Waals surface area contributed by atoms with Crippen LogP contribution in [0.2, 0.25) is 0 Å². The second-order valence-electron chi connectivity index (χ2n) is 9.95. The van der Waals surface area contributed by atoms with Crippen molar-refractivity contribution in [3.05, 3.63) is 41.7 Å². The van der Waals surface area contributed by atoms with Crippen LogP contribution in [0.25, 0.3) is 0 Å². The number of carbonyl (C=O) groups excluding carboxylic acids is 1. The van der Waals surface area contributed by atoms with Gasteiger partial charge in [0.15, 0.2) is 17.6 Å². The van der Waals surface area contributed by atoms with E-state index in [4.69, 9.17) is 9.47 Å². The molecule has 2 aliphatic rings. The van der Waals surface area contributed by atoms with Gasteiger partial charge in [0.05, 0.1) is 32.9 Å². The van der Waals surface area contributed by atoms with Gasteiger partial charge in [-0.25, -0.2) is 9.97 Å². The van der Waals surface area contributed by atoms with E-state index < -0.39 is 30.1 Å². The first-order chi connectivity index (χ1) is 17.2. The normalized spacial score (nSPS) is 23.8. The Morgan fingerprint density at radius 1 is 1.19 bits per heavy atom. The van der Waals surface area contributed by atoms with Crippen molar-refractivity contribution in [2.45, 2.75) is 51.4 Å². The van der Waals surface area contributed by atoms with E-state index in [0.29, 0.717) is 37.1 Å². The van der Waals surface area contributed by atoms with Crippen molar-refractivity contribution >= 4 is 11.9 Å². The predicted octanol–water partition coefficient (Wildman–Crippen LogP) is 0.981. The fourth-order valence-electron chi connectivity index (χ4n) is 4.93. The van der Waals surface area contributed by atoms with Crippen LogP contribution in [0.1, 0.15) is 37.8 Å². The number of likely N-dealkylation sites (tertiary alicyclic amines) is 1. The molecule has 0 spiro atoms. The molecule has 10 nitrogen and oxygen atoms in total. The number of aromatic nitrogens is 2. The van der Waals surface area contributed by atoms with E-state index in [1.165, 1.54) is 4.90 Å². The van der Waals surface area contributed by atoms with E-state index in [9.17, 15) is 20.1 Å². The molecule has 196 valence electrons. The second kappa shape index (κ2) is 10.6. The van der Waals surface area contributed by atoms with Crippen LogP contribution >= 0.6 is 0 Å². The molecule has 1 aromatic heterocycles. The van der Waals surface area contributed by atoms with Gasteiger partial charge < -0.3 is 34.6 Å². The summed E-state index contributed by atoms with van der Waals surface area (Å²) in [6.45, 7) is 6.94. The van der Waals surface area contributed by atoms with Gasteiger partial charge in [-0.3, -0.25) is 4.79 Å². The molecule has 2 fully saturated rings. The molecule has 3 heterocycles. The van der Waals surface area contributed by atoms with Gasteiger partial charge in [-0.05, 0) is 36.6 Å². The zero-order chi connectivity index (χ0) is 26.0. The maximum Gasteiger partial charge on any atom is 0.253 e. The number of rotatable bonds is 9. The first kappa shape index (κ1) is 26.1. The zero-order valence-corrected chi connectivity index (χ0v) is 21.3. The quantitative estimate of drug-likeness (QED) is 0.462. The van der Waals surface area contributed by atoms with Gasteiger partial charge in [0.2, 0.25) is 5.95 Å². The molecule has 4 rings (SSSR count). The van der Waals surface area contributed by atoms with Crippen molar-refractivity contribution in [3.63, 3.8) is 0 Å². The number of carbonyl (C=O) groups is 1. The Bertz CT molecular complexity index is 1060. The van der Waals surface area contributed by atoms with Crippen molar-refractivity contribution in [1.82, 2.24) is 14.9 Å². The summed E-state index contributed by atoms with van der Waals surface area (Å²) in [5.41, 5.74) is 1.35. The van der Waals surface area contributed by atoms with Gasteiger partial charge in [-0.2, -0.15) is 0 Å². The van der Waals surface area contributed by atoms with Gasteiger partial charge in [0.25, 0.3) is 5.91 Å². The van der Waals surface area contributed by atoms with Crippen molar-refractivity contribution < 1.29 is 29.6 Å². The van der Waals surface area contributed by atoms with E-state index in [0.717, 1.165) is 17.5 Å². The molecule has 10 heteroatoms. The summed E-state index contributed by atoms with van der Waals surface area (Å²) in [7, 11) is 1.59. The number of hydrogen-bond donors (Lipinski definition) is 3. The minimum absolute atomic E-state index is 0.0619. The fourth-order valence-corrected chi connectivity index (χ4v) is 4.93. The SMILES string of the molecule is CCc1cnc(N2CC(Oc3cc([C@@H]4CN(C(=O)[C@@H](O)CO)C[C@@]4(C)[C@@H](C)O)ccc3OC)C2)nc1. The summed E-state index contributed by atoms with van der Waals surface area (Å²) < 4.78 is 11.8. The third kappa shape index (κ3) is 4.98. The lowest BCUT2D eigenvalue weighted by atomic mass is 9.72. The molecule has 0 unspecified atom stereocenters. The molecular weight excluding hydrogens is 464 g/mol. The first-order valence-corrected chi connectivity index (χ1v) is 12.4. The molecule has 0 saturated carbocycles. The van der Waals surface area contributed by atoms with Gasteiger partial charge in [-0.1, -0.05) is 19.9 Å². The van der Waals surface area contributed by atoms with Crippen LogP contribution in [0, 0.1) is 5.41 Å². The van der Waals surface area contributed by atoms with Gasteiger partial charge in [0, 0.05) is 36.8 Å². The average Bonchev–Trinajstić information content (AvgIpc) is 3.23. The number of amides is 1. The highest BCUT2D eigenvalue weighted by molar-refractivity contribution is 5.81. The van der Waals surface area contributed by atoms with E-state index in [1.54, 1.807) is 14.0 Å². The van der Waals surface area contributed by atoms with Crippen LogP contribution in [-0.2, 0) is 11.2 Å². The summed E-state index contributed by atoms with van der Waals surface area (Å²) in [5.74, 6) is 1.13. The maximum absolute atomic E-state index is 12.6. The third-order valence-electron chi connectivity index (χ3n) is 7.57. The Balaban J connectivity index is 1.50. The molecule has 0 bridgehead atoms. The highest BCUT2D eigenvalue weighted by atomic mass is 16.5. The molecule has 2 aliphatic heterocycles. The summed E-state index contributed by atoms with van der Waals surface area (Å²) >= 11 is 0. The monoisotopic (exact) mass is 500 g/mol. The number of benzene rings is 1. The van der Waals surface area contributed by atoms with E-state index >= 15 is 0 Å². The predicted molar refractivity (Wildman–Crippen MR) is 133 cm³/mol. The number of aliphatic hydroxyl groups excluding tert-OH is 3. The Hall–Kier alpha value is -2.95. The van der Waals surface area contributed by atoms with Gasteiger partial charge in [0.1, 0.15) is 6.10 Å². The standard InChI is InChI=1S/C26H36N4O6/c1-5-17-9-27-25(28-10-17)29-11-19(12-29)36-23-8-18(6-7-22(23)35-4)20-13-30(24(34)21(33)14-31)15-26(20,3)16(2)32/h6-10,16,19-21,31-33H,5,11-15H2,1-4H3/t16-,20+,21+,26+/m1/s1. The molecule has 1 amide bonds. The topological polar surface area (TPSA) is 128 Å². The lowest BCUT2D eigenvalue weighted by Crippen LogP contribution is -2.54. The minimum Gasteiger partial charge on any atom is -0.493 e. The molecule has 1 aromatic carbocycles. The number of aryl methyl sites for hydroxylation is 1. The fraction of sp³-hybridized carbons (Fsp3) is 0.577. The number of ether oxygens (including phenoxy) is 2. The summed E-state index contributed by atoms with van der Waals surface area (Å²) in [6.07, 6.45) is 2.34. The maximum atomic E-state index is 12.6. The largest absolute Gasteiger partial charge is 0.493 e. The molecule has 36 heavy (non-hydrogen) atoms. The van der Waals surface area contributed by atoms with E-state index in [1.807, 2.05) is 37.5 Å². The highest BCUT2D eigenvalue weighted by Crippen LogP contribution is 2.47. The molecular formula is C26H36N4O6. The number of hydrogen-bond acceptors (Lipinski definition) is 9. The number of aliphatic hydroxyl groups is 3. The molecule has 3 N–H and O–H groups in total. The van der Waals surface area contributed by atoms with Gasteiger partial charge >= 0.3 is 0 Å². The Labute approximate surface area is 211 Å². The highest BCUT2D eigenvalue weighted by Gasteiger charge is 2.49. The van der Waals surface area contributed by atoms with E-state index in [-0.39, 0.29) is 18.6 Å². The zero-order valence-electron chi connectivity index (χ0n) is 21.3. The number of nitrogens with zero attached hydrogens (tertiary/aromatic N) is 4. The van der Waals surface area contributed by atoms with Crippen molar-refractivity contribution in [2.75, 3.05) is 44.8 Å². The lowest BCUT2D eigenvalue weighted by molar-refractivity contribution is -0.141. The Kier molecular flexibility index (Phi) is 7.67. The van der Waals surface area contributed by atoms with E-state index in [2.05, 4.69) is 21.8 Å². The van der Waals surface area contributed by atoms with Crippen molar-refractivity contribution in [2.24, 2.45) is 5.41 Å². The second-order valence-corrected chi connectivity index (χ2v) is 9.95. The molecule has 2 aromatic rings. The van der Waals surface area contributed by atoms with Gasteiger partial charge in [-0.15, -0.1) is 0 Å². The molecule has 4 atom stereocenters. The van der Waals surface area contributed by atoms with Crippen LogP contribution in [0.3, 0.4) is 0 Å². The van der Waals surface area contributed by atoms with Crippen LogP contribution in [0.5, 0.6) is 11.5 Å². The molecule has 2 saturated heterocycles. The molecule has 0 aliphatic carbocycles. The summed E-state index contributed by atoms with van der Waals surface area (Å²) in [6, 6.07) is 5.67. The Morgan fingerprint density at radius 3 is 2.47 bits per heavy atom. The number of anilines is 1. The Morgan fingerprint density at radius 2 is 1.89 bits per heavy atom. The summed E-state index contributed by atoms with van der Waals surface area (Å²) in [5, 5.41) is 29.7. The number of methoxy groups -OCH3 is 1. The van der Waals surface area contributed by atoms with Crippen molar-refractivity contribution in [1.29, 1.82) is 0 Å². The smallest absolute Gasteiger partial charge is 0.253 e. The first-order valence-electron chi connectivity index (χ1n) is 12.4. The average molecular weight is 501 g/mol. The van der Waals surface area contributed by atoms with Crippen LogP contribution in [0.4, 0.5) is 5.95 Å². The van der Waals surface area contributed by atoms with Crippen LogP contribution in [-0.4, -0.2) is 94.3 Å². The lowest BCUT2D eigenvalue weighted by Gasteiger charge is -2.39.